The Labute approximate surface area is 180 Å². The van der Waals surface area contributed by atoms with Crippen LogP contribution in [0.25, 0.3) is 22.2 Å². The number of aromatic amines is 1. The summed E-state index contributed by atoms with van der Waals surface area (Å²) < 4.78 is 0. The molecule has 2 N–H and O–H groups in total. The molecule has 30 heavy (non-hydrogen) atoms. The summed E-state index contributed by atoms with van der Waals surface area (Å²) in [6, 6.07) is 16.4. The van der Waals surface area contributed by atoms with Crippen LogP contribution in [0.3, 0.4) is 0 Å². The Bertz CT molecular complexity index is 1160. The van der Waals surface area contributed by atoms with E-state index in [2.05, 4.69) is 61.4 Å². The second kappa shape index (κ2) is 7.97. The van der Waals surface area contributed by atoms with Gasteiger partial charge in [-0.15, -0.1) is 0 Å². The summed E-state index contributed by atoms with van der Waals surface area (Å²) in [5.41, 5.74) is 5.13. The molecule has 1 aromatic carbocycles. The maximum atomic E-state index is 6.34. The first-order chi connectivity index (χ1) is 14.7. The van der Waals surface area contributed by atoms with Gasteiger partial charge >= 0.3 is 0 Å². The smallest absolute Gasteiger partial charge is 0.137 e. The molecule has 1 fully saturated rings. The number of hydrogen-bond donors (Lipinski definition) is 2. The van der Waals surface area contributed by atoms with Gasteiger partial charge in [0.05, 0.1) is 0 Å². The lowest BCUT2D eigenvalue weighted by molar-refractivity contribution is 0.313. The summed E-state index contributed by atoms with van der Waals surface area (Å²) in [6.45, 7) is 4.31. The number of piperazine rings is 1. The molecule has 5 rings (SSSR count). The van der Waals surface area contributed by atoms with Gasteiger partial charge in [-0.05, 0) is 61.1 Å². The second-order valence-electron chi connectivity index (χ2n) is 7.63. The zero-order valence-electron chi connectivity index (χ0n) is 16.8. The van der Waals surface area contributed by atoms with Crippen LogP contribution in [0.5, 0.6) is 0 Å². The van der Waals surface area contributed by atoms with Gasteiger partial charge in [-0.1, -0.05) is 11.6 Å². The number of anilines is 3. The number of halogens is 1. The highest BCUT2D eigenvalue weighted by molar-refractivity contribution is 6.29. The predicted molar refractivity (Wildman–Crippen MR) is 124 cm³/mol. The number of nitrogens with one attached hydrogen (secondary N) is 2. The lowest BCUT2D eigenvalue weighted by Crippen LogP contribution is -2.44. The van der Waals surface area contributed by atoms with Gasteiger partial charge in [-0.25, -0.2) is 9.97 Å². The van der Waals surface area contributed by atoms with E-state index in [0.717, 1.165) is 54.0 Å². The molecule has 4 aromatic rings. The molecular weight excluding hydrogens is 396 g/mol. The Morgan fingerprint density at radius 2 is 1.83 bits per heavy atom. The number of rotatable bonds is 4. The number of fused-ring (bicyclic) bond motifs is 1. The molecule has 0 aliphatic carbocycles. The van der Waals surface area contributed by atoms with Gasteiger partial charge in [-0.2, -0.15) is 0 Å². The van der Waals surface area contributed by atoms with Crippen molar-refractivity contribution < 1.29 is 0 Å². The van der Waals surface area contributed by atoms with E-state index in [1.807, 2.05) is 30.5 Å². The molecule has 0 amide bonds. The second-order valence-corrected chi connectivity index (χ2v) is 8.02. The van der Waals surface area contributed by atoms with Crippen molar-refractivity contribution in [2.45, 2.75) is 0 Å². The van der Waals surface area contributed by atoms with E-state index >= 15 is 0 Å². The van der Waals surface area contributed by atoms with E-state index in [9.17, 15) is 0 Å². The van der Waals surface area contributed by atoms with Crippen molar-refractivity contribution in [3.63, 3.8) is 0 Å². The maximum Gasteiger partial charge on any atom is 0.137 e. The summed E-state index contributed by atoms with van der Waals surface area (Å²) >= 11 is 6.34. The standard InChI is InChI=1S/C23H23ClN6/c1-29-9-11-30(12-10-29)18-6-4-17(5-7-18)27-22-14-16(13-21(24)28-22)20-15-26-23-19(20)3-2-8-25-23/h2-8,13-15H,9-12H2,1H3,(H,25,26)(H,27,28). The lowest BCUT2D eigenvalue weighted by Gasteiger charge is -2.34. The third-order valence-electron chi connectivity index (χ3n) is 5.56. The summed E-state index contributed by atoms with van der Waals surface area (Å²) in [4.78, 5) is 16.8. The summed E-state index contributed by atoms with van der Waals surface area (Å²) in [6.07, 6.45) is 3.74. The van der Waals surface area contributed by atoms with Crippen molar-refractivity contribution in [2.24, 2.45) is 0 Å². The van der Waals surface area contributed by atoms with E-state index < -0.39 is 0 Å². The van der Waals surface area contributed by atoms with E-state index in [1.54, 1.807) is 6.20 Å². The number of likely N-dealkylation sites (N-methyl/N-ethyl adjacent to an activating group) is 1. The third-order valence-corrected chi connectivity index (χ3v) is 5.76. The highest BCUT2D eigenvalue weighted by atomic mass is 35.5. The van der Waals surface area contributed by atoms with Gasteiger partial charge in [0.15, 0.2) is 0 Å². The van der Waals surface area contributed by atoms with Crippen LogP contribution in [-0.2, 0) is 0 Å². The Kier molecular flexibility index (Phi) is 5.02. The molecule has 152 valence electrons. The molecule has 6 nitrogen and oxygen atoms in total. The van der Waals surface area contributed by atoms with Crippen molar-refractivity contribution in [1.82, 2.24) is 19.9 Å². The van der Waals surface area contributed by atoms with E-state index in [-0.39, 0.29) is 0 Å². The number of hydrogen-bond acceptors (Lipinski definition) is 5. The third kappa shape index (κ3) is 3.84. The highest BCUT2D eigenvalue weighted by Gasteiger charge is 2.14. The Balaban J connectivity index is 1.38. The van der Waals surface area contributed by atoms with Gasteiger partial charge in [0.1, 0.15) is 16.6 Å². The first kappa shape index (κ1) is 18.9. The molecule has 1 aliphatic heterocycles. The predicted octanol–water partition coefficient (Wildman–Crippen LogP) is 4.77. The molecule has 4 heterocycles. The first-order valence-electron chi connectivity index (χ1n) is 10.1. The number of H-pyrrole nitrogens is 1. The normalized spacial score (nSPS) is 14.9. The van der Waals surface area contributed by atoms with Crippen LogP contribution < -0.4 is 10.2 Å². The van der Waals surface area contributed by atoms with Gasteiger partial charge < -0.3 is 20.1 Å². The van der Waals surface area contributed by atoms with Crippen LogP contribution in [0.4, 0.5) is 17.2 Å². The molecule has 7 heteroatoms. The van der Waals surface area contributed by atoms with Gasteiger partial charge in [0.25, 0.3) is 0 Å². The highest BCUT2D eigenvalue weighted by Crippen LogP contribution is 2.31. The Hall–Kier alpha value is -3.09. The average molecular weight is 419 g/mol. The van der Waals surface area contributed by atoms with Crippen LogP contribution >= 0.6 is 11.6 Å². The van der Waals surface area contributed by atoms with Crippen LogP contribution in [0.1, 0.15) is 0 Å². The fourth-order valence-corrected chi connectivity index (χ4v) is 4.09. The zero-order valence-corrected chi connectivity index (χ0v) is 17.5. The van der Waals surface area contributed by atoms with E-state index in [0.29, 0.717) is 11.0 Å². The monoisotopic (exact) mass is 418 g/mol. The van der Waals surface area contributed by atoms with Crippen LogP contribution in [0.2, 0.25) is 5.15 Å². The SMILES string of the molecule is CN1CCN(c2ccc(Nc3cc(-c4c[nH]c5ncccc45)cc(Cl)n3)cc2)CC1. The Morgan fingerprint density at radius 1 is 1.03 bits per heavy atom. The van der Waals surface area contributed by atoms with Gasteiger partial charge in [-0.3, -0.25) is 0 Å². The number of benzene rings is 1. The zero-order chi connectivity index (χ0) is 20.5. The molecule has 0 atom stereocenters. The number of pyridine rings is 2. The molecule has 1 saturated heterocycles. The van der Waals surface area contributed by atoms with Crippen LogP contribution in [0.15, 0.2) is 60.9 Å². The van der Waals surface area contributed by atoms with E-state index in [1.165, 1.54) is 5.69 Å². The van der Waals surface area contributed by atoms with Crippen molar-refractivity contribution in [1.29, 1.82) is 0 Å². The number of aromatic nitrogens is 3. The van der Waals surface area contributed by atoms with Crippen molar-refractivity contribution in [2.75, 3.05) is 43.4 Å². The molecule has 0 spiro atoms. The molecule has 3 aromatic heterocycles. The van der Waals surface area contributed by atoms with Crippen molar-refractivity contribution >= 4 is 39.8 Å². The van der Waals surface area contributed by atoms with Crippen LogP contribution in [0, 0.1) is 0 Å². The fourth-order valence-electron chi connectivity index (χ4n) is 3.88. The molecule has 0 bridgehead atoms. The fraction of sp³-hybridized carbons (Fsp3) is 0.217. The first-order valence-corrected chi connectivity index (χ1v) is 10.4. The van der Waals surface area contributed by atoms with Crippen molar-refractivity contribution in [3.8, 4) is 11.1 Å². The molecule has 0 saturated carbocycles. The molecular formula is C23H23ClN6. The largest absolute Gasteiger partial charge is 0.369 e. The van der Waals surface area contributed by atoms with Gasteiger partial charge in [0, 0.05) is 60.9 Å². The molecule has 0 unspecified atom stereocenters. The molecule has 1 aliphatic rings. The quantitative estimate of drug-likeness (QED) is 0.467. The summed E-state index contributed by atoms with van der Waals surface area (Å²) in [7, 11) is 2.17. The minimum absolute atomic E-state index is 0.447. The summed E-state index contributed by atoms with van der Waals surface area (Å²) in [5, 5.41) is 4.89. The average Bonchev–Trinajstić information content (AvgIpc) is 3.19. The van der Waals surface area contributed by atoms with E-state index in [4.69, 9.17) is 11.6 Å². The molecule has 0 radical (unpaired) electrons. The Morgan fingerprint density at radius 3 is 2.63 bits per heavy atom. The maximum absolute atomic E-state index is 6.34. The summed E-state index contributed by atoms with van der Waals surface area (Å²) in [5.74, 6) is 0.711. The topological polar surface area (TPSA) is 60.1 Å². The van der Waals surface area contributed by atoms with Gasteiger partial charge in [0.2, 0.25) is 0 Å². The van der Waals surface area contributed by atoms with Crippen molar-refractivity contribution in [3.05, 3.63) is 66.1 Å². The lowest BCUT2D eigenvalue weighted by atomic mass is 10.1. The van der Waals surface area contributed by atoms with Crippen LogP contribution in [-0.4, -0.2) is 53.1 Å². The number of nitrogens with zero attached hydrogens (tertiary/aromatic N) is 4. The minimum atomic E-state index is 0.447. The minimum Gasteiger partial charge on any atom is -0.369 e.